The van der Waals surface area contributed by atoms with Gasteiger partial charge in [0.05, 0.1) is 19.6 Å². The highest BCUT2D eigenvalue weighted by atomic mass is 19.4. The number of alkyl halides is 3. The number of hydrogen-bond donors (Lipinski definition) is 4. The summed E-state index contributed by atoms with van der Waals surface area (Å²) in [4.78, 5) is 35.7. The number of carbonyl (C=O) groups excluding carboxylic acids is 2. The number of carbonyl (C=O) groups is 3. The quantitative estimate of drug-likeness (QED) is 0.192. The number of anilines is 1. The summed E-state index contributed by atoms with van der Waals surface area (Å²) in [6, 6.07) is 14.0. The van der Waals surface area contributed by atoms with Gasteiger partial charge in [0.25, 0.3) is 5.91 Å². The van der Waals surface area contributed by atoms with Crippen LogP contribution in [-0.4, -0.2) is 84.6 Å². The fraction of sp³-hybridized carbons (Fsp3) is 0.516. The number of nitrogens with one attached hydrogen (secondary N) is 2. The normalized spacial score (nSPS) is 14.8. The van der Waals surface area contributed by atoms with Crippen LogP contribution in [0.3, 0.4) is 0 Å². The van der Waals surface area contributed by atoms with Crippen LogP contribution in [0.5, 0.6) is 11.5 Å². The third kappa shape index (κ3) is 11.3. The molecule has 44 heavy (non-hydrogen) atoms. The number of benzene rings is 2. The summed E-state index contributed by atoms with van der Waals surface area (Å²) in [5.41, 5.74) is 2.51. The maximum absolute atomic E-state index is 13.1. The number of phenols is 1. The summed E-state index contributed by atoms with van der Waals surface area (Å²) in [5, 5.41) is 23.3. The molecule has 2 amide bonds. The number of rotatable bonds is 13. The summed E-state index contributed by atoms with van der Waals surface area (Å²) >= 11 is 0. The molecule has 1 fully saturated rings. The minimum atomic E-state index is -5.08. The first-order valence-corrected chi connectivity index (χ1v) is 14.8. The van der Waals surface area contributed by atoms with Crippen molar-refractivity contribution in [3.63, 3.8) is 0 Å². The molecular weight excluding hydrogens is 583 g/mol. The summed E-state index contributed by atoms with van der Waals surface area (Å²) in [7, 11) is 0. The second-order valence-electron chi connectivity index (χ2n) is 10.6. The predicted molar refractivity (Wildman–Crippen MR) is 157 cm³/mol. The first kappa shape index (κ1) is 34.6. The van der Waals surface area contributed by atoms with E-state index in [1.165, 1.54) is 24.8 Å². The Morgan fingerprint density at radius 3 is 2.41 bits per heavy atom. The van der Waals surface area contributed by atoms with Gasteiger partial charge in [-0.25, -0.2) is 4.79 Å². The van der Waals surface area contributed by atoms with Crippen molar-refractivity contribution in [2.45, 2.75) is 63.6 Å². The highest BCUT2D eigenvalue weighted by Crippen LogP contribution is 2.39. The van der Waals surface area contributed by atoms with Gasteiger partial charge >= 0.3 is 12.1 Å². The first-order valence-electron chi connectivity index (χ1n) is 14.8. The van der Waals surface area contributed by atoms with Gasteiger partial charge in [0.1, 0.15) is 11.4 Å². The molecule has 1 saturated carbocycles. The van der Waals surface area contributed by atoms with E-state index < -0.39 is 12.1 Å². The molecule has 2 aromatic carbocycles. The lowest BCUT2D eigenvalue weighted by molar-refractivity contribution is -0.192. The zero-order valence-electron chi connectivity index (χ0n) is 24.5. The monoisotopic (exact) mass is 623 g/mol. The van der Waals surface area contributed by atoms with Crippen molar-refractivity contribution in [2.24, 2.45) is 0 Å². The fourth-order valence-corrected chi connectivity index (χ4v) is 5.10. The molecule has 0 unspecified atom stereocenters. The smallest absolute Gasteiger partial charge is 0.490 e. The molecule has 0 radical (unpaired) electrons. The van der Waals surface area contributed by atoms with E-state index in [9.17, 15) is 27.9 Å². The van der Waals surface area contributed by atoms with E-state index in [4.69, 9.17) is 19.4 Å². The number of hydrogen-bond acceptors (Lipinski definition) is 7. The van der Waals surface area contributed by atoms with Crippen LogP contribution >= 0.6 is 0 Å². The lowest BCUT2D eigenvalue weighted by atomic mass is 9.94. The van der Waals surface area contributed by atoms with E-state index in [1.807, 2.05) is 24.3 Å². The van der Waals surface area contributed by atoms with Crippen molar-refractivity contribution in [3.8, 4) is 11.5 Å². The van der Waals surface area contributed by atoms with Crippen molar-refractivity contribution in [2.75, 3.05) is 44.8 Å². The number of nitrogens with zero attached hydrogens (tertiary/aromatic N) is 1. The Hall–Kier alpha value is -3.84. The minimum absolute atomic E-state index is 0.00504. The molecule has 1 heterocycles. The van der Waals surface area contributed by atoms with Gasteiger partial charge in [-0.3, -0.25) is 9.59 Å². The molecule has 2 aliphatic rings. The maximum atomic E-state index is 13.1. The van der Waals surface area contributed by atoms with Crippen LogP contribution in [0.25, 0.3) is 0 Å². The summed E-state index contributed by atoms with van der Waals surface area (Å²) in [5.74, 6) is -2.32. The Morgan fingerprint density at radius 1 is 1.02 bits per heavy atom. The number of fused-ring (bicyclic) bond motifs is 1. The topological polar surface area (TPSA) is 137 Å². The molecule has 4 N–H and O–H groups in total. The number of amides is 2. The lowest BCUT2D eigenvalue weighted by Gasteiger charge is -2.34. The Bertz CT molecular complexity index is 1220. The van der Waals surface area contributed by atoms with E-state index in [0.717, 1.165) is 24.8 Å². The first-order chi connectivity index (χ1) is 21.1. The summed E-state index contributed by atoms with van der Waals surface area (Å²) in [6.07, 6.45) is 2.62. The van der Waals surface area contributed by atoms with Crippen LogP contribution in [0.15, 0.2) is 42.5 Å². The average Bonchev–Trinajstić information content (AvgIpc) is 3.00. The van der Waals surface area contributed by atoms with Crippen molar-refractivity contribution < 1.29 is 47.2 Å². The van der Waals surface area contributed by atoms with Crippen LogP contribution in [0.2, 0.25) is 0 Å². The molecular formula is C31H40F3N3O7. The number of phenolic OH excluding ortho intramolecular Hbond substituents is 1. The highest BCUT2D eigenvalue weighted by molar-refractivity contribution is 5.97. The number of aromatic hydroxyl groups is 1. The van der Waals surface area contributed by atoms with E-state index >= 15 is 0 Å². The lowest BCUT2D eigenvalue weighted by Crippen LogP contribution is -2.45. The number of ether oxygens (including phenoxy) is 2. The predicted octanol–water partition coefficient (Wildman–Crippen LogP) is 4.30. The van der Waals surface area contributed by atoms with E-state index in [0.29, 0.717) is 63.2 Å². The van der Waals surface area contributed by atoms with Gasteiger partial charge in [0.2, 0.25) is 5.91 Å². The van der Waals surface area contributed by atoms with Gasteiger partial charge in [-0.1, -0.05) is 55.7 Å². The molecule has 242 valence electrons. The second kappa shape index (κ2) is 17.5. The second-order valence-corrected chi connectivity index (χ2v) is 10.6. The summed E-state index contributed by atoms with van der Waals surface area (Å²) in [6.45, 7) is 3.10. The molecule has 10 nitrogen and oxygen atoms in total. The SMILES string of the molecule is O=C(O)C(F)(F)F.O=C1COc2c(CCNCCN(C(=O)CCOCCc3ccccc3)C3CCCCC3)ccc(O)c2N1. The zero-order chi connectivity index (χ0) is 32.0. The van der Waals surface area contributed by atoms with Gasteiger partial charge < -0.3 is 35.2 Å². The van der Waals surface area contributed by atoms with Crippen molar-refractivity contribution in [3.05, 3.63) is 53.6 Å². The Labute approximate surface area is 254 Å². The van der Waals surface area contributed by atoms with Gasteiger partial charge in [0, 0.05) is 19.1 Å². The molecule has 0 spiro atoms. The molecule has 1 aliphatic heterocycles. The molecule has 0 aromatic heterocycles. The van der Waals surface area contributed by atoms with E-state index in [-0.39, 0.29) is 24.2 Å². The standard InChI is InChI=1S/C29H39N3O5.C2HF3O2/c33-25-12-11-23(29-28(25)31-26(34)21-37-29)13-16-30-17-18-32(24-9-5-2-6-10-24)27(35)15-20-36-19-14-22-7-3-1-4-8-22;3-2(4,5)1(6)7/h1,3-4,7-8,11-12,24,30,33H,2,5-6,9-10,13-21H2,(H,31,34);(H,6,7). The van der Waals surface area contributed by atoms with E-state index in [2.05, 4.69) is 27.7 Å². The van der Waals surface area contributed by atoms with Gasteiger partial charge in [0.15, 0.2) is 12.4 Å². The van der Waals surface area contributed by atoms with Crippen LogP contribution in [-0.2, 0) is 32.0 Å². The minimum Gasteiger partial charge on any atom is -0.506 e. The number of carboxylic acids is 1. The maximum Gasteiger partial charge on any atom is 0.490 e. The largest absolute Gasteiger partial charge is 0.506 e. The Balaban J connectivity index is 0.000000676. The molecule has 4 rings (SSSR count). The average molecular weight is 624 g/mol. The molecule has 0 atom stereocenters. The number of halogens is 3. The third-order valence-corrected chi connectivity index (χ3v) is 7.35. The molecule has 2 aromatic rings. The van der Waals surface area contributed by atoms with Crippen molar-refractivity contribution >= 4 is 23.5 Å². The third-order valence-electron chi connectivity index (χ3n) is 7.35. The van der Waals surface area contributed by atoms with Gasteiger partial charge in [-0.2, -0.15) is 13.2 Å². The Kier molecular flexibility index (Phi) is 13.7. The zero-order valence-corrected chi connectivity index (χ0v) is 24.5. The van der Waals surface area contributed by atoms with Gasteiger partial charge in [-0.05, 0) is 49.4 Å². The number of aliphatic carboxylic acids is 1. The molecule has 13 heteroatoms. The van der Waals surface area contributed by atoms with Crippen molar-refractivity contribution in [1.82, 2.24) is 10.2 Å². The van der Waals surface area contributed by atoms with Crippen molar-refractivity contribution in [1.29, 1.82) is 0 Å². The van der Waals surface area contributed by atoms with Gasteiger partial charge in [-0.15, -0.1) is 0 Å². The van der Waals surface area contributed by atoms with E-state index in [1.54, 1.807) is 6.07 Å². The highest BCUT2D eigenvalue weighted by Gasteiger charge is 2.38. The number of carboxylic acid groups (broad SMARTS) is 1. The van der Waals surface area contributed by atoms with Crippen LogP contribution in [0.1, 0.15) is 49.7 Å². The van der Waals surface area contributed by atoms with Crippen LogP contribution in [0, 0.1) is 0 Å². The molecule has 1 aliphatic carbocycles. The van der Waals surface area contributed by atoms with Crippen LogP contribution in [0.4, 0.5) is 18.9 Å². The fourth-order valence-electron chi connectivity index (χ4n) is 5.10. The molecule has 0 bridgehead atoms. The summed E-state index contributed by atoms with van der Waals surface area (Å²) < 4.78 is 43.1. The Morgan fingerprint density at radius 2 is 1.73 bits per heavy atom. The molecule has 0 saturated heterocycles. The van der Waals surface area contributed by atoms with Crippen LogP contribution < -0.4 is 15.4 Å².